The van der Waals surface area contributed by atoms with Gasteiger partial charge in [0.05, 0.1) is 12.0 Å². The monoisotopic (exact) mass is 319 g/mol. The maximum atomic E-state index is 12.4. The molecule has 0 saturated carbocycles. The number of hydrogen-bond acceptors (Lipinski definition) is 3. The van der Waals surface area contributed by atoms with Crippen molar-refractivity contribution in [2.45, 2.75) is 25.2 Å². The summed E-state index contributed by atoms with van der Waals surface area (Å²) in [5.41, 5.74) is 0.653. The Bertz CT molecular complexity index is 404. The van der Waals surface area contributed by atoms with Crippen LogP contribution in [0.3, 0.4) is 0 Å². The minimum absolute atomic E-state index is 0. The van der Waals surface area contributed by atoms with E-state index in [4.69, 9.17) is 4.74 Å². The molecule has 5 heteroatoms. The van der Waals surface area contributed by atoms with E-state index in [0.29, 0.717) is 6.61 Å². The van der Waals surface area contributed by atoms with Gasteiger partial charge in [0.1, 0.15) is 0 Å². The average molecular weight is 320 g/mol. The van der Waals surface area contributed by atoms with E-state index >= 15 is 0 Å². The van der Waals surface area contributed by atoms with E-state index < -0.39 is 5.41 Å². The van der Waals surface area contributed by atoms with Gasteiger partial charge in [0, 0.05) is 0 Å². The van der Waals surface area contributed by atoms with Gasteiger partial charge in [-0.05, 0) is 45.5 Å². The summed E-state index contributed by atoms with van der Waals surface area (Å²) in [6.45, 7) is 4.19. The van der Waals surface area contributed by atoms with E-state index in [-0.39, 0.29) is 30.8 Å². The van der Waals surface area contributed by atoms with Crippen LogP contribution in [0.1, 0.15) is 25.3 Å². The number of benzene rings is 1. The molecule has 2 rings (SSSR count). The molecule has 0 N–H and O–H groups in total. The Balaban J connectivity index is 0.00000180. The first kappa shape index (κ1) is 19.2. The predicted molar refractivity (Wildman–Crippen MR) is 86.0 cm³/mol. The maximum absolute atomic E-state index is 12.4. The van der Waals surface area contributed by atoms with Crippen LogP contribution in [0.2, 0.25) is 0 Å². The van der Waals surface area contributed by atoms with Crippen LogP contribution in [0, 0.1) is 0 Å². The summed E-state index contributed by atoms with van der Waals surface area (Å²) in [6, 6.07) is 10.1. The van der Waals surface area contributed by atoms with Crippen molar-refractivity contribution < 1.29 is 9.53 Å². The molecular weight excluding hydrogens is 297 g/mol. The first-order valence-corrected chi connectivity index (χ1v) is 6.60. The molecule has 3 nitrogen and oxygen atoms in total. The van der Waals surface area contributed by atoms with Crippen molar-refractivity contribution in [3.8, 4) is 0 Å². The van der Waals surface area contributed by atoms with Crippen LogP contribution in [-0.4, -0.2) is 37.6 Å². The number of ether oxygens (including phenoxy) is 1. The van der Waals surface area contributed by atoms with Gasteiger partial charge in [-0.25, -0.2) is 0 Å². The minimum atomic E-state index is -0.441. The normalized spacial score (nSPS) is 17.5. The van der Waals surface area contributed by atoms with E-state index in [0.717, 1.165) is 31.5 Å². The predicted octanol–water partition coefficient (Wildman–Crippen LogP) is 3.06. The summed E-state index contributed by atoms with van der Waals surface area (Å²) in [5, 5.41) is 0. The number of halogens is 2. The van der Waals surface area contributed by atoms with Crippen molar-refractivity contribution in [3.63, 3.8) is 0 Å². The van der Waals surface area contributed by atoms with Gasteiger partial charge in [-0.2, -0.15) is 0 Å². The second-order valence-electron chi connectivity index (χ2n) is 4.97. The Kier molecular flexibility index (Phi) is 8.17. The van der Waals surface area contributed by atoms with Gasteiger partial charge in [0.15, 0.2) is 0 Å². The Morgan fingerprint density at radius 3 is 2.25 bits per heavy atom. The molecule has 1 fully saturated rings. The molecule has 0 atom stereocenters. The molecule has 1 aromatic rings. The number of piperidine rings is 1. The van der Waals surface area contributed by atoms with Crippen LogP contribution in [0.4, 0.5) is 0 Å². The fourth-order valence-corrected chi connectivity index (χ4v) is 2.64. The second kappa shape index (κ2) is 8.50. The molecule has 0 bridgehead atoms. The smallest absolute Gasteiger partial charge is 0.316 e. The largest absolute Gasteiger partial charge is 0.465 e. The van der Waals surface area contributed by atoms with Gasteiger partial charge in [0.2, 0.25) is 0 Å². The molecule has 1 aromatic carbocycles. The molecule has 1 aliphatic rings. The summed E-state index contributed by atoms with van der Waals surface area (Å²) in [6.07, 6.45) is 1.68. The van der Waals surface area contributed by atoms with Gasteiger partial charge >= 0.3 is 5.97 Å². The van der Waals surface area contributed by atoms with Gasteiger partial charge in [-0.15, -0.1) is 24.8 Å². The molecule has 0 spiro atoms. The molecule has 114 valence electrons. The minimum Gasteiger partial charge on any atom is -0.465 e. The van der Waals surface area contributed by atoms with E-state index in [9.17, 15) is 4.79 Å². The van der Waals surface area contributed by atoms with Crippen LogP contribution >= 0.6 is 24.8 Å². The summed E-state index contributed by atoms with van der Waals surface area (Å²) in [7, 11) is 2.10. The number of likely N-dealkylation sites (tertiary alicyclic amines) is 1. The Labute approximate surface area is 133 Å². The summed E-state index contributed by atoms with van der Waals surface area (Å²) in [5.74, 6) is -0.0655. The van der Waals surface area contributed by atoms with Crippen LogP contribution in [0.15, 0.2) is 30.3 Å². The van der Waals surface area contributed by atoms with Crippen molar-refractivity contribution in [1.82, 2.24) is 4.90 Å². The van der Waals surface area contributed by atoms with Crippen molar-refractivity contribution in [1.29, 1.82) is 0 Å². The third kappa shape index (κ3) is 3.87. The van der Waals surface area contributed by atoms with Crippen molar-refractivity contribution in [2.24, 2.45) is 0 Å². The van der Waals surface area contributed by atoms with Crippen molar-refractivity contribution in [3.05, 3.63) is 35.9 Å². The fraction of sp³-hybridized carbons (Fsp3) is 0.533. The Morgan fingerprint density at radius 1 is 1.20 bits per heavy atom. The third-order valence-electron chi connectivity index (χ3n) is 3.83. The van der Waals surface area contributed by atoms with Crippen molar-refractivity contribution in [2.75, 3.05) is 26.7 Å². The van der Waals surface area contributed by atoms with Crippen LogP contribution in [-0.2, 0) is 14.9 Å². The highest BCUT2D eigenvalue weighted by Gasteiger charge is 2.43. The molecule has 0 radical (unpaired) electrons. The molecule has 20 heavy (non-hydrogen) atoms. The van der Waals surface area contributed by atoms with E-state index in [1.54, 1.807) is 0 Å². The average Bonchev–Trinajstić information content (AvgIpc) is 2.41. The summed E-state index contributed by atoms with van der Waals surface area (Å²) >= 11 is 0. The highest BCUT2D eigenvalue weighted by molar-refractivity contribution is 5.85. The van der Waals surface area contributed by atoms with E-state index in [2.05, 4.69) is 11.9 Å². The number of carbonyl (C=O) groups is 1. The molecule has 0 aromatic heterocycles. The van der Waals surface area contributed by atoms with Gasteiger partial charge in [-0.3, -0.25) is 4.79 Å². The topological polar surface area (TPSA) is 29.5 Å². The van der Waals surface area contributed by atoms with Crippen molar-refractivity contribution >= 4 is 30.8 Å². The third-order valence-corrected chi connectivity index (χ3v) is 3.83. The fourth-order valence-electron chi connectivity index (χ4n) is 2.64. The highest BCUT2D eigenvalue weighted by Crippen LogP contribution is 2.36. The highest BCUT2D eigenvalue weighted by atomic mass is 35.5. The number of carbonyl (C=O) groups excluding carboxylic acids is 1. The Hall–Kier alpha value is -0.770. The lowest BCUT2D eigenvalue weighted by atomic mass is 9.73. The second-order valence-corrected chi connectivity index (χ2v) is 4.97. The van der Waals surface area contributed by atoms with E-state index in [1.165, 1.54) is 0 Å². The Morgan fingerprint density at radius 2 is 1.75 bits per heavy atom. The standard InChI is InChI=1S/C15H21NO2.2ClH/c1-3-18-14(17)15(9-11-16(2)12-10-15)13-7-5-4-6-8-13;;/h4-8H,3,9-12H2,1-2H3;2*1H. The zero-order valence-corrected chi connectivity index (χ0v) is 13.6. The van der Waals surface area contributed by atoms with Gasteiger partial charge in [-0.1, -0.05) is 30.3 Å². The lowest BCUT2D eigenvalue weighted by Crippen LogP contribution is -2.47. The number of esters is 1. The molecular formula is C15H23Cl2NO2. The first-order valence-electron chi connectivity index (χ1n) is 6.60. The SMILES string of the molecule is CCOC(=O)C1(c2ccccc2)CCN(C)CC1.Cl.Cl. The maximum Gasteiger partial charge on any atom is 0.316 e. The lowest BCUT2D eigenvalue weighted by Gasteiger charge is -2.38. The molecule has 1 aliphatic heterocycles. The first-order chi connectivity index (χ1) is 8.69. The van der Waals surface area contributed by atoms with Crippen LogP contribution < -0.4 is 0 Å². The zero-order valence-electron chi connectivity index (χ0n) is 12.0. The van der Waals surface area contributed by atoms with Crippen LogP contribution in [0.25, 0.3) is 0 Å². The number of rotatable bonds is 3. The van der Waals surface area contributed by atoms with Gasteiger partial charge in [0.25, 0.3) is 0 Å². The summed E-state index contributed by atoms with van der Waals surface area (Å²) < 4.78 is 5.32. The van der Waals surface area contributed by atoms with Gasteiger partial charge < -0.3 is 9.64 Å². The lowest BCUT2D eigenvalue weighted by molar-refractivity contribution is -0.152. The van der Waals surface area contributed by atoms with Crippen LogP contribution in [0.5, 0.6) is 0 Å². The van der Waals surface area contributed by atoms with E-state index in [1.807, 2.05) is 37.3 Å². The summed E-state index contributed by atoms with van der Waals surface area (Å²) in [4.78, 5) is 14.7. The zero-order chi connectivity index (χ0) is 13.0. The quantitative estimate of drug-likeness (QED) is 0.802. The molecule has 1 heterocycles. The molecule has 1 saturated heterocycles. The number of hydrogen-bond donors (Lipinski definition) is 0. The molecule has 0 amide bonds. The molecule has 0 aliphatic carbocycles. The number of nitrogens with zero attached hydrogens (tertiary/aromatic N) is 1. The molecule has 0 unspecified atom stereocenters.